The molecule has 25 heavy (non-hydrogen) atoms. The number of rotatable bonds is 4. The van der Waals surface area contributed by atoms with Gasteiger partial charge in [-0.25, -0.2) is 0 Å². The molecule has 0 fully saturated rings. The predicted octanol–water partition coefficient (Wildman–Crippen LogP) is 4.85. The molecule has 8 heteroatoms. The number of nitro groups is 1. The van der Waals surface area contributed by atoms with Gasteiger partial charge in [0.15, 0.2) is 5.76 Å². The van der Waals surface area contributed by atoms with Crippen molar-refractivity contribution in [2.75, 3.05) is 0 Å². The smallest absolute Gasteiger partial charge is 0.284 e. The maximum atomic E-state index is 11.2. The van der Waals surface area contributed by atoms with Crippen molar-refractivity contribution >= 4 is 28.4 Å². The minimum atomic E-state index is -0.425. The quantitative estimate of drug-likeness (QED) is 0.382. The van der Waals surface area contributed by atoms with E-state index in [1.807, 2.05) is 30.3 Å². The summed E-state index contributed by atoms with van der Waals surface area (Å²) in [5, 5.41) is 20.3. The van der Waals surface area contributed by atoms with Crippen LogP contribution >= 0.6 is 11.8 Å². The summed E-state index contributed by atoms with van der Waals surface area (Å²) in [5.74, 6) is 0.687. The van der Waals surface area contributed by atoms with Crippen LogP contribution in [0.25, 0.3) is 22.6 Å². The fourth-order valence-electron chi connectivity index (χ4n) is 2.39. The third kappa shape index (κ3) is 2.99. The van der Waals surface area contributed by atoms with Gasteiger partial charge in [-0.2, -0.15) is 0 Å². The number of aryl methyl sites for hydroxylation is 1. The van der Waals surface area contributed by atoms with E-state index < -0.39 is 4.92 Å². The molecule has 2 aromatic heterocycles. The Balaban J connectivity index is 1.65. The predicted molar refractivity (Wildman–Crippen MR) is 91.5 cm³/mol. The lowest BCUT2D eigenvalue weighted by atomic mass is 10.2. The van der Waals surface area contributed by atoms with E-state index in [4.69, 9.17) is 8.83 Å². The molecule has 0 radical (unpaired) electrons. The molecule has 2 heterocycles. The van der Waals surface area contributed by atoms with Gasteiger partial charge in [0.1, 0.15) is 5.58 Å². The van der Waals surface area contributed by atoms with Gasteiger partial charge in [-0.05, 0) is 42.4 Å². The molecule has 4 rings (SSSR count). The molecule has 0 unspecified atom stereocenters. The average molecular weight is 353 g/mol. The summed E-state index contributed by atoms with van der Waals surface area (Å²) >= 11 is 1.05. The number of hydrogen-bond donors (Lipinski definition) is 0. The molecule has 124 valence electrons. The second-order valence-corrected chi connectivity index (χ2v) is 6.35. The lowest BCUT2D eigenvalue weighted by molar-refractivity contribution is -0.387. The highest BCUT2D eigenvalue weighted by atomic mass is 32.2. The lowest BCUT2D eigenvalue weighted by Gasteiger charge is -2.00. The highest BCUT2D eigenvalue weighted by Gasteiger charge is 2.19. The van der Waals surface area contributed by atoms with Gasteiger partial charge in [0.05, 0.1) is 9.82 Å². The average Bonchev–Trinajstić information content (AvgIpc) is 3.22. The van der Waals surface area contributed by atoms with E-state index >= 15 is 0 Å². The minimum Gasteiger partial charge on any atom is -0.451 e. The first-order valence-electron chi connectivity index (χ1n) is 7.35. The minimum absolute atomic E-state index is 0.00786. The van der Waals surface area contributed by atoms with Crippen LogP contribution in [-0.2, 0) is 0 Å². The summed E-state index contributed by atoms with van der Waals surface area (Å²) in [6.07, 6.45) is 0. The maximum Gasteiger partial charge on any atom is 0.284 e. The van der Waals surface area contributed by atoms with Gasteiger partial charge in [0.2, 0.25) is 0 Å². The third-order valence-corrected chi connectivity index (χ3v) is 4.46. The number of aromatic nitrogens is 2. The first-order valence-corrected chi connectivity index (χ1v) is 8.17. The van der Waals surface area contributed by atoms with E-state index in [1.54, 1.807) is 19.1 Å². The second kappa shape index (κ2) is 6.06. The van der Waals surface area contributed by atoms with Crippen LogP contribution < -0.4 is 0 Å². The van der Waals surface area contributed by atoms with Gasteiger partial charge in [-0.15, -0.1) is 10.2 Å². The van der Waals surface area contributed by atoms with Crippen molar-refractivity contribution in [3.8, 4) is 11.7 Å². The molecule has 0 amide bonds. The number of nitro benzene ring substituents is 1. The second-order valence-electron chi connectivity index (χ2n) is 5.35. The Labute approximate surface area is 145 Å². The Morgan fingerprint density at radius 2 is 1.92 bits per heavy atom. The molecule has 7 nitrogen and oxygen atoms in total. The molecule has 0 atom stereocenters. The summed E-state index contributed by atoms with van der Waals surface area (Å²) in [6, 6.07) is 14.3. The van der Waals surface area contributed by atoms with E-state index in [0.29, 0.717) is 10.7 Å². The van der Waals surface area contributed by atoms with Crippen LogP contribution in [0.2, 0.25) is 0 Å². The molecule has 0 bridgehead atoms. The summed E-state index contributed by atoms with van der Waals surface area (Å²) < 4.78 is 11.3. The third-order valence-electron chi connectivity index (χ3n) is 3.55. The Morgan fingerprint density at radius 3 is 2.72 bits per heavy atom. The van der Waals surface area contributed by atoms with Crippen LogP contribution in [0, 0.1) is 17.0 Å². The van der Waals surface area contributed by atoms with Crippen LogP contribution in [0.4, 0.5) is 5.69 Å². The summed E-state index contributed by atoms with van der Waals surface area (Å²) in [4.78, 5) is 11.2. The SMILES string of the molecule is Cc1ccc(Sc2nnc(-c3cc4ccccc4o3)o2)c([N+](=O)[O-])c1. The van der Waals surface area contributed by atoms with Crippen molar-refractivity contribution < 1.29 is 13.8 Å². The normalized spacial score (nSPS) is 11.1. The molecule has 0 N–H and O–H groups in total. The number of hydrogen-bond acceptors (Lipinski definition) is 7. The molecule has 0 aliphatic heterocycles. The van der Waals surface area contributed by atoms with Crippen LogP contribution in [0.3, 0.4) is 0 Å². The zero-order valence-corrected chi connectivity index (χ0v) is 13.8. The zero-order valence-electron chi connectivity index (χ0n) is 13.0. The topological polar surface area (TPSA) is 95.2 Å². The van der Waals surface area contributed by atoms with Crippen LogP contribution in [0.5, 0.6) is 0 Å². The standard InChI is InChI=1S/C17H11N3O4S/c1-10-6-7-15(12(8-10)20(21)22)25-17-19-18-16(24-17)14-9-11-4-2-3-5-13(11)23-14/h2-9H,1H3. The molecule has 0 spiro atoms. The van der Waals surface area contributed by atoms with Crippen molar-refractivity contribution in [1.82, 2.24) is 10.2 Å². The molecule has 0 saturated carbocycles. The number of para-hydroxylation sites is 1. The van der Waals surface area contributed by atoms with Crippen LogP contribution in [0.15, 0.2) is 67.5 Å². The van der Waals surface area contributed by atoms with Crippen molar-refractivity contribution in [1.29, 1.82) is 0 Å². The summed E-state index contributed by atoms with van der Waals surface area (Å²) in [6.45, 7) is 1.80. The van der Waals surface area contributed by atoms with Gasteiger partial charge < -0.3 is 8.83 Å². The molecule has 4 aromatic rings. The number of fused-ring (bicyclic) bond motifs is 1. The number of nitrogens with zero attached hydrogens (tertiary/aromatic N) is 3. The largest absolute Gasteiger partial charge is 0.451 e. The lowest BCUT2D eigenvalue weighted by Crippen LogP contribution is -1.91. The monoisotopic (exact) mass is 353 g/mol. The molecule has 0 aliphatic carbocycles. The summed E-state index contributed by atoms with van der Waals surface area (Å²) in [5.41, 5.74) is 1.54. The first-order chi connectivity index (χ1) is 12.1. The van der Waals surface area contributed by atoms with E-state index in [9.17, 15) is 10.1 Å². The molecule has 0 aliphatic rings. The highest BCUT2D eigenvalue weighted by molar-refractivity contribution is 7.99. The van der Waals surface area contributed by atoms with Gasteiger partial charge in [-0.3, -0.25) is 10.1 Å². The van der Waals surface area contributed by atoms with Crippen LogP contribution in [-0.4, -0.2) is 15.1 Å². The molecule has 0 saturated heterocycles. The Morgan fingerprint density at radius 1 is 1.08 bits per heavy atom. The summed E-state index contributed by atoms with van der Waals surface area (Å²) in [7, 11) is 0. The van der Waals surface area contributed by atoms with Crippen molar-refractivity contribution in [2.24, 2.45) is 0 Å². The van der Waals surface area contributed by atoms with Crippen molar-refractivity contribution in [2.45, 2.75) is 17.0 Å². The van der Waals surface area contributed by atoms with Gasteiger partial charge in [0, 0.05) is 11.5 Å². The fraction of sp³-hybridized carbons (Fsp3) is 0.0588. The van der Waals surface area contributed by atoms with Gasteiger partial charge in [-0.1, -0.05) is 24.3 Å². The highest BCUT2D eigenvalue weighted by Crippen LogP contribution is 2.36. The first kappa shape index (κ1) is 15.4. The van der Waals surface area contributed by atoms with E-state index in [0.717, 1.165) is 28.3 Å². The zero-order chi connectivity index (χ0) is 17.4. The maximum absolute atomic E-state index is 11.2. The molecular formula is C17H11N3O4S. The number of furan rings is 1. The molecule has 2 aromatic carbocycles. The van der Waals surface area contributed by atoms with Gasteiger partial charge >= 0.3 is 0 Å². The number of benzene rings is 2. The van der Waals surface area contributed by atoms with Crippen molar-refractivity contribution in [3.05, 3.63) is 64.2 Å². The molecular weight excluding hydrogens is 342 g/mol. The van der Waals surface area contributed by atoms with Crippen molar-refractivity contribution in [3.63, 3.8) is 0 Å². The van der Waals surface area contributed by atoms with E-state index in [-0.39, 0.29) is 16.8 Å². The fourth-order valence-corrected chi connectivity index (χ4v) is 3.15. The Bertz CT molecular complexity index is 1050. The Hall–Kier alpha value is -3.13. The van der Waals surface area contributed by atoms with Crippen LogP contribution in [0.1, 0.15) is 5.56 Å². The van der Waals surface area contributed by atoms with E-state index in [1.165, 1.54) is 6.07 Å². The van der Waals surface area contributed by atoms with E-state index in [2.05, 4.69) is 10.2 Å². The Kier molecular flexibility index (Phi) is 3.73. The van der Waals surface area contributed by atoms with Gasteiger partial charge in [0.25, 0.3) is 16.8 Å².